The molecule has 0 bridgehead atoms. The number of ether oxygens (including phenoxy) is 1. The van der Waals surface area contributed by atoms with Crippen LogP contribution in [0.25, 0.3) is 0 Å². The number of hydroxylamine groups is 1. The number of fused-ring (bicyclic) bond motifs is 1. The molecule has 31 heavy (non-hydrogen) atoms. The standard InChI is InChI=1S/C22H19FN2O5S/c23-16-5-7-17(8-6-16)30-18-9-11-19(12-10-18)31(28,29)25-14-13-15-3-1-2-4-20(15)21(25)22(26)24-27/h1-12,21,27H,13-14H2,(H,24,26). The van der Waals surface area contributed by atoms with Gasteiger partial charge in [0.15, 0.2) is 0 Å². The molecule has 1 aliphatic heterocycles. The molecule has 1 unspecified atom stereocenters. The summed E-state index contributed by atoms with van der Waals surface area (Å²) in [6, 6.07) is 17.0. The van der Waals surface area contributed by atoms with Crippen LogP contribution in [0, 0.1) is 5.82 Å². The normalized spacial score (nSPS) is 16.4. The summed E-state index contributed by atoms with van der Waals surface area (Å²) < 4.78 is 46.3. The molecule has 7 nitrogen and oxygen atoms in total. The molecule has 1 amide bonds. The minimum atomic E-state index is -4.05. The summed E-state index contributed by atoms with van der Waals surface area (Å²) in [5.41, 5.74) is 2.96. The Morgan fingerprint density at radius 3 is 2.26 bits per heavy atom. The summed E-state index contributed by atoms with van der Waals surface area (Å²) in [6.45, 7) is 0.0886. The van der Waals surface area contributed by atoms with E-state index in [2.05, 4.69) is 0 Å². The van der Waals surface area contributed by atoms with Crippen molar-refractivity contribution < 1.29 is 27.5 Å². The van der Waals surface area contributed by atoms with E-state index in [1.54, 1.807) is 17.6 Å². The number of nitrogens with zero attached hydrogens (tertiary/aromatic N) is 1. The van der Waals surface area contributed by atoms with Crippen molar-refractivity contribution in [1.29, 1.82) is 0 Å². The Morgan fingerprint density at radius 1 is 1.00 bits per heavy atom. The van der Waals surface area contributed by atoms with Gasteiger partial charge in [0.05, 0.1) is 4.90 Å². The molecule has 2 N–H and O–H groups in total. The highest BCUT2D eigenvalue weighted by Gasteiger charge is 2.40. The van der Waals surface area contributed by atoms with Crippen molar-refractivity contribution in [2.45, 2.75) is 17.4 Å². The second-order valence-corrected chi connectivity index (χ2v) is 8.86. The van der Waals surface area contributed by atoms with Crippen molar-refractivity contribution in [2.24, 2.45) is 0 Å². The maximum atomic E-state index is 13.3. The molecule has 0 saturated carbocycles. The maximum Gasteiger partial charge on any atom is 0.266 e. The summed E-state index contributed by atoms with van der Waals surface area (Å²) in [5, 5.41) is 9.20. The highest BCUT2D eigenvalue weighted by molar-refractivity contribution is 7.89. The first-order valence-corrected chi connectivity index (χ1v) is 10.9. The zero-order valence-electron chi connectivity index (χ0n) is 16.2. The molecule has 3 aromatic rings. The molecule has 1 atom stereocenters. The largest absolute Gasteiger partial charge is 0.457 e. The van der Waals surface area contributed by atoms with Gasteiger partial charge in [0.1, 0.15) is 23.4 Å². The lowest BCUT2D eigenvalue weighted by atomic mass is 9.94. The third-order valence-electron chi connectivity index (χ3n) is 5.08. The molecule has 1 aliphatic rings. The van der Waals surface area contributed by atoms with Crippen molar-refractivity contribution >= 4 is 15.9 Å². The van der Waals surface area contributed by atoms with Gasteiger partial charge < -0.3 is 4.74 Å². The van der Waals surface area contributed by atoms with Gasteiger partial charge in [-0.2, -0.15) is 4.31 Å². The summed E-state index contributed by atoms with van der Waals surface area (Å²) in [5.74, 6) is -0.436. The van der Waals surface area contributed by atoms with Crippen molar-refractivity contribution in [3.63, 3.8) is 0 Å². The van der Waals surface area contributed by atoms with E-state index in [0.717, 1.165) is 9.87 Å². The molecule has 0 radical (unpaired) electrons. The molecule has 1 heterocycles. The van der Waals surface area contributed by atoms with Crippen LogP contribution in [0.5, 0.6) is 11.5 Å². The summed E-state index contributed by atoms with van der Waals surface area (Å²) >= 11 is 0. The summed E-state index contributed by atoms with van der Waals surface area (Å²) in [6.07, 6.45) is 0.441. The van der Waals surface area contributed by atoms with Gasteiger partial charge in [-0.3, -0.25) is 10.0 Å². The first-order valence-electron chi connectivity index (χ1n) is 9.47. The number of halogens is 1. The number of amides is 1. The Bertz CT molecular complexity index is 1200. The predicted molar refractivity (Wildman–Crippen MR) is 110 cm³/mol. The van der Waals surface area contributed by atoms with Crippen LogP contribution in [0.4, 0.5) is 4.39 Å². The Balaban J connectivity index is 1.62. The average molecular weight is 442 g/mol. The molecule has 0 aliphatic carbocycles. The van der Waals surface area contributed by atoms with E-state index in [1.165, 1.54) is 48.5 Å². The minimum absolute atomic E-state index is 0.0194. The number of rotatable bonds is 5. The van der Waals surface area contributed by atoms with Crippen LogP contribution < -0.4 is 10.2 Å². The van der Waals surface area contributed by atoms with E-state index in [-0.39, 0.29) is 11.4 Å². The third-order valence-corrected chi connectivity index (χ3v) is 6.96. The lowest BCUT2D eigenvalue weighted by Crippen LogP contribution is -2.46. The van der Waals surface area contributed by atoms with Gasteiger partial charge in [-0.1, -0.05) is 24.3 Å². The van der Waals surface area contributed by atoms with Crippen LogP contribution >= 0.6 is 0 Å². The van der Waals surface area contributed by atoms with Gasteiger partial charge in [0.2, 0.25) is 10.0 Å². The summed E-state index contributed by atoms with van der Waals surface area (Å²) in [7, 11) is -4.05. The predicted octanol–water partition coefficient (Wildman–Crippen LogP) is 3.41. The molecule has 4 rings (SSSR count). The van der Waals surface area contributed by atoms with E-state index >= 15 is 0 Å². The molecule has 0 aromatic heterocycles. The number of nitrogens with one attached hydrogen (secondary N) is 1. The molecule has 0 fully saturated rings. The number of benzene rings is 3. The molecule has 3 aromatic carbocycles. The quantitative estimate of drug-likeness (QED) is 0.466. The zero-order chi connectivity index (χ0) is 22.0. The monoisotopic (exact) mass is 442 g/mol. The Labute approximate surface area is 178 Å². The molecule has 0 spiro atoms. The Morgan fingerprint density at radius 2 is 1.61 bits per heavy atom. The fraction of sp³-hybridized carbons (Fsp3) is 0.136. The Hall–Kier alpha value is -3.27. The van der Waals surface area contributed by atoms with Crippen LogP contribution in [0.3, 0.4) is 0 Å². The fourth-order valence-corrected chi connectivity index (χ4v) is 5.16. The lowest BCUT2D eigenvalue weighted by Gasteiger charge is -2.34. The van der Waals surface area contributed by atoms with Crippen LogP contribution in [-0.4, -0.2) is 30.4 Å². The number of carbonyl (C=O) groups excluding carboxylic acids is 1. The molecular weight excluding hydrogens is 423 g/mol. The molecule has 160 valence electrons. The van der Waals surface area contributed by atoms with E-state index in [4.69, 9.17) is 4.74 Å². The SMILES string of the molecule is O=C(NO)C1c2ccccc2CCN1S(=O)(=O)c1ccc(Oc2ccc(F)cc2)cc1. The van der Waals surface area contributed by atoms with Gasteiger partial charge in [0, 0.05) is 6.54 Å². The topological polar surface area (TPSA) is 95.9 Å². The lowest BCUT2D eigenvalue weighted by molar-refractivity contribution is -0.133. The number of hydrogen-bond acceptors (Lipinski definition) is 5. The van der Waals surface area contributed by atoms with Gasteiger partial charge >= 0.3 is 0 Å². The summed E-state index contributed by atoms with van der Waals surface area (Å²) in [4.78, 5) is 12.4. The first-order chi connectivity index (χ1) is 14.9. The Kier molecular flexibility index (Phi) is 5.73. The van der Waals surface area contributed by atoms with Crippen molar-refractivity contribution in [1.82, 2.24) is 9.79 Å². The van der Waals surface area contributed by atoms with Gasteiger partial charge in [-0.25, -0.2) is 18.3 Å². The second-order valence-electron chi connectivity index (χ2n) is 6.97. The van der Waals surface area contributed by atoms with Crippen LogP contribution in [-0.2, 0) is 21.2 Å². The van der Waals surface area contributed by atoms with Crippen LogP contribution in [0.15, 0.2) is 77.7 Å². The van der Waals surface area contributed by atoms with Gasteiger partial charge in [-0.05, 0) is 66.1 Å². The van der Waals surface area contributed by atoms with E-state index in [1.807, 2.05) is 12.1 Å². The van der Waals surface area contributed by atoms with Crippen LogP contribution in [0.1, 0.15) is 17.2 Å². The number of sulfonamides is 1. The van der Waals surface area contributed by atoms with E-state index in [9.17, 15) is 22.8 Å². The van der Waals surface area contributed by atoms with Crippen LogP contribution in [0.2, 0.25) is 0 Å². The second kappa shape index (κ2) is 8.46. The highest BCUT2D eigenvalue weighted by Crippen LogP contribution is 2.35. The van der Waals surface area contributed by atoms with Crippen molar-refractivity contribution in [3.8, 4) is 11.5 Å². The third kappa shape index (κ3) is 4.15. The van der Waals surface area contributed by atoms with Gasteiger partial charge in [0.25, 0.3) is 5.91 Å². The molecule has 9 heteroatoms. The van der Waals surface area contributed by atoms with E-state index < -0.39 is 27.8 Å². The van der Waals surface area contributed by atoms with Gasteiger partial charge in [-0.15, -0.1) is 0 Å². The smallest absolute Gasteiger partial charge is 0.266 e. The maximum absolute atomic E-state index is 13.3. The molecular formula is C22H19FN2O5S. The average Bonchev–Trinajstić information content (AvgIpc) is 2.79. The van der Waals surface area contributed by atoms with Crippen molar-refractivity contribution in [2.75, 3.05) is 6.54 Å². The van der Waals surface area contributed by atoms with Crippen molar-refractivity contribution in [3.05, 3.63) is 89.7 Å². The van der Waals surface area contributed by atoms with E-state index in [0.29, 0.717) is 23.5 Å². The minimum Gasteiger partial charge on any atom is -0.457 e. The first kappa shape index (κ1) is 21.0. The number of carbonyl (C=O) groups is 1. The highest BCUT2D eigenvalue weighted by atomic mass is 32.2. The molecule has 0 saturated heterocycles. The number of hydrogen-bond donors (Lipinski definition) is 2. The fourth-order valence-electron chi connectivity index (χ4n) is 3.59. The zero-order valence-corrected chi connectivity index (χ0v) is 17.0.